The van der Waals surface area contributed by atoms with Gasteiger partial charge in [-0.1, -0.05) is 29.3 Å². The Kier molecular flexibility index (Phi) is 5.85. The molecule has 2 N–H and O–H groups in total. The molecule has 5 nitrogen and oxygen atoms in total. The van der Waals surface area contributed by atoms with E-state index in [0.29, 0.717) is 25.7 Å². The lowest BCUT2D eigenvalue weighted by molar-refractivity contribution is 0.0993. The number of hydrogen-bond acceptors (Lipinski definition) is 3. The van der Waals surface area contributed by atoms with Gasteiger partial charge < -0.3 is 15.1 Å². The summed E-state index contributed by atoms with van der Waals surface area (Å²) in [6.07, 6.45) is 0. The Hall–Kier alpha value is -2.03. The number of furan rings is 1. The number of benzene rings is 2. The van der Waals surface area contributed by atoms with Crippen LogP contribution in [0.15, 0.2) is 59.0 Å². The van der Waals surface area contributed by atoms with Crippen LogP contribution in [0, 0.1) is 3.77 Å². The third kappa shape index (κ3) is 4.57. The molecule has 0 unspecified atom stereocenters. The van der Waals surface area contributed by atoms with Crippen LogP contribution in [-0.4, -0.2) is 11.8 Å². The topological polar surface area (TPSA) is 71.3 Å². The molecule has 132 valence electrons. The molecule has 0 aliphatic rings. The number of halogens is 3. The van der Waals surface area contributed by atoms with Gasteiger partial charge in [-0.25, -0.2) is 0 Å². The van der Waals surface area contributed by atoms with E-state index in [1.165, 1.54) is 6.07 Å². The molecule has 0 fully saturated rings. The molecule has 0 bridgehead atoms. The quantitative estimate of drug-likeness (QED) is 0.451. The molecular weight excluding hydrogens is 490 g/mol. The van der Waals surface area contributed by atoms with E-state index in [1.54, 1.807) is 48.5 Å². The zero-order chi connectivity index (χ0) is 18.7. The second-order valence-corrected chi connectivity index (χ2v) is 7.12. The monoisotopic (exact) mass is 500 g/mol. The normalized spacial score (nSPS) is 10.4. The highest BCUT2D eigenvalue weighted by Gasteiger charge is 2.13. The van der Waals surface area contributed by atoms with E-state index in [-0.39, 0.29) is 22.6 Å². The summed E-state index contributed by atoms with van der Waals surface area (Å²) in [7, 11) is 0. The highest BCUT2D eigenvalue weighted by Crippen LogP contribution is 2.23. The van der Waals surface area contributed by atoms with Gasteiger partial charge in [0.1, 0.15) is 0 Å². The molecule has 3 rings (SSSR count). The minimum atomic E-state index is -0.379. The average Bonchev–Trinajstić information content (AvgIpc) is 3.01. The third-order valence-corrected chi connectivity index (χ3v) is 4.48. The molecule has 0 spiro atoms. The van der Waals surface area contributed by atoms with E-state index in [0.717, 1.165) is 0 Å². The van der Waals surface area contributed by atoms with Crippen LogP contribution in [-0.2, 0) is 0 Å². The maximum Gasteiger partial charge on any atom is 0.291 e. The molecule has 0 radical (unpaired) electrons. The highest BCUT2D eigenvalue weighted by atomic mass is 127. The molecule has 26 heavy (non-hydrogen) atoms. The number of nitrogens with one attached hydrogen (secondary N) is 2. The molecule has 1 aromatic heterocycles. The van der Waals surface area contributed by atoms with Gasteiger partial charge in [0.05, 0.1) is 10.6 Å². The van der Waals surface area contributed by atoms with Crippen molar-refractivity contribution in [1.29, 1.82) is 0 Å². The summed E-state index contributed by atoms with van der Waals surface area (Å²) in [5.41, 5.74) is 1.32. The predicted molar refractivity (Wildman–Crippen MR) is 110 cm³/mol. The summed E-state index contributed by atoms with van der Waals surface area (Å²) in [5, 5.41) is 6.15. The van der Waals surface area contributed by atoms with Crippen molar-refractivity contribution in [3.05, 3.63) is 79.7 Å². The van der Waals surface area contributed by atoms with E-state index in [9.17, 15) is 9.59 Å². The molecule has 0 saturated carbocycles. The Morgan fingerprint density at radius 2 is 1.58 bits per heavy atom. The van der Waals surface area contributed by atoms with Crippen molar-refractivity contribution in [1.82, 2.24) is 0 Å². The van der Waals surface area contributed by atoms with Crippen molar-refractivity contribution >= 4 is 69.0 Å². The Balaban J connectivity index is 1.72. The van der Waals surface area contributed by atoms with E-state index in [2.05, 4.69) is 10.6 Å². The van der Waals surface area contributed by atoms with Gasteiger partial charge in [-0.15, -0.1) is 0 Å². The summed E-state index contributed by atoms with van der Waals surface area (Å²) in [6, 6.07) is 14.7. The van der Waals surface area contributed by atoms with Gasteiger partial charge in [0.2, 0.25) is 0 Å². The second kappa shape index (κ2) is 8.11. The Bertz CT molecular complexity index is 988. The van der Waals surface area contributed by atoms with Crippen LogP contribution in [0.4, 0.5) is 11.4 Å². The zero-order valence-electron chi connectivity index (χ0n) is 13.1. The van der Waals surface area contributed by atoms with Gasteiger partial charge in [-0.2, -0.15) is 0 Å². The molecule has 0 saturated heterocycles. The van der Waals surface area contributed by atoms with Crippen LogP contribution in [0.2, 0.25) is 10.0 Å². The van der Waals surface area contributed by atoms with Crippen LogP contribution >= 0.6 is 45.8 Å². The summed E-state index contributed by atoms with van der Waals surface area (Å²) >= 11 is 13.9. The Morgan fingerprint density at radius 3 is 2.19 bits per heavy atom. The number of rotatable bonds is 4. The summed E-state index contributed by atoms with van der Waals surface area (Å²) in [5.74, 6) is -0.551. The van der Waals surface area contributed by atoms with Gasteiger partial charge in [0.15, 0.2) is 9.53 Å². The molecule has 1 heterocycles. The van der Waals surface area contributed by atoms with Crippen LogP contribution < -0.4 is 10.6 Å². The van der Waals surface area contributed by atoms with Crippen LogP contribution in [0.5, 0.6) is 0 Å². The van der Waals surface area contributed by atoms with Gasteiger partial charge in [0, 0.05) is 16.4 Å². The summed E-state index contributed by atoms with van der Waals surface area (Å²) < 4.78 is 5.89. The minimum absolute atomic E-state index is 0.205. The van der Waals surface area contributed by atoms with Crippen molar-refractivity contribution in [2.45, 2.75) is 0 Å². The first-order chi connectivity index (χ1) is 12.4. The van der Waals surface area contributed by atoms with Gasteiger partial charge in [-0.3, -0.25) is 9.59 Å². The summed E-state index contributed by atoms with van der Waals surface area (Å²) in [4.78, 5) is 24.5. The van der Waals surface area contributed by atoms with Gasteiger partial charge in [-0.05, 0) is 71.1 Å². The van der Waals surface area contributed by atoms with E-state index >= 15 is 0 Å². The molecular formula is C18H11Cl2IN2O3. The predicted octanol–water partition coefficient (Wildman–Crippen LogP) is 5.70. The molecule has 2 amide bonds. The maximum atomic E-state index is 12.4. The molecule has 0 atom stereocenters. The Morgan fingerprint density at radius 1 is 0.885 bits per heavy atom. The molecule has 0 aliphatic carbocycles. The number of anilines is 2. The highest BCUT2D eigenvalue weighted by molar-refractivity contribution is 14.1. The van der Waals surface area contributed by atoms with E-state index in [4.69, 9.17) is 27.6 Å². The fourth-order valence-corrected chi connectivity index (χ4v) is 3.09. The number of carbonyl (C=O) groups is 2. The van der Waals surface area contributed by atoms with Crippen molar-refractivity contribution in [3.8, 4) is 0 Å². The van der Waals surface area contributed by atoms with Crippen LogP contribution in [0.1, 0.15) is 20.9 Å². The fourth-order valence-electron chi connectivity index (χ4n) is 2.18. The van der Waals surface area contributed by atoms with Crippen molar-refractivity contribution in [2.24, 2.45) is 0 Å². The third-order valence-electron chi connectivity index (χ3n) is 3.35. The average molecular weight is 501 g/mol. The van der Waals surface area contributed by atoms with Gasteiger partial charge >= 0.3 is 0 Å². The largest absolute Gasteiger partial charge is 0.445 e. The second-order valence-electron chi connectivity index (χ2n) is 5.22. The first-order valence-electron chi connectivity index (χ1n) is 7.35. The molecule has 8 heteroatoms. The van der Waals surface area contributed by atoms with Crippen LogP contribution in [0.3, 0.4) is 0 Å². The lowest BCUT2D eigenvalue weighted by Crippen LogP contribution is -2.14. The Labute approximate surface area is 172 Å². The smallest absolute Gasteiger partial charge is 0.291 e. The lowest BCUT2D eigenvalue weighted by atomic mass is 10.2. The van der Waals surface area contributed by atoms with Crippen molar-refractivity contribution in [3.63, 3.8) is 0 Å². The zero-order valence-corrected chi connectivity index (χ0v) is 16.7. The van der Waals surface area contributed by atoms with E-state index in [1.807, 2.05) is 22.6 Å². The maximum absolute atomic E-state index is 12.4. The van der Waals surface area contributed by atoms with Crippen LogP contribution in [0.25, 0.3) is 0 Å². The SMILES string of the molecule is O=C(Nc1cccc(NC(=O)c2ccc(Cl)cc2Cl)c1)c1ccc(I)o1. The summed E-state index contributed by atoms with van der Waals surface area (Å²) in [6.45, 7) is 0. The molecule has 0 aliphatic heterocycles. The van der Waals surface area contributed by atoms with E-state index < -0.39 is 0 Å². The minimum Gasteiger partial charge on any atom is -0.445 e. The van der Waals surface area contributed by atoms with Gasteiger partial charge in [0.25, 0.3) is 11.8 Å². The fraction of sp³-hybridized carbons (Fsp3) is 0. The van der Waals surface area contributed by atoms with Crippen molar-refractivity contribution in [2.75, 3.05) is 10.6 Å². The molecule has 3 aromatic rings. The number of amides is 2. The number of carbonyl (C=O) groups excluding carboxylic acids is 2. The molecule has 2 aromatic carbocycles. The van der Waals surface area contributed by atoms with Crippen molar-refractivity contribution < 1.29 is 14.0 Å². The standard InChI is InChI=1S/C18H11Cl2IN2O3/c19-10-4-5-13(14(20)8-10)17(24)22-11-2-1-3-12(9-11)23-18(25)15-6-7-16(21)26-15/h1-9H,(H,22,24)(H,23,25). The lowest BCUT2D eigenvalue weighted by Gasteiger charge is -2.09. The number of hydrogen-bond donors (Lipinski definition) is 2. The first kappa shape index (κ1) is 18.8. The first-order valence-corrected chi connectivity index (χ1v) is 9.19.